The molecule has 0 unspecified atom stereocenters. The van der Waals surface area contributed by atoms with Crippen molar-refractivity contribution in [2.75, 3.05) is 10.6 Å². The van der Waals surface area contributed by atoms with E-state index in [0.29, 0.717) is 11.9 Å². The van der Waals surface area contributed by atoms with Crippen molar-refractivity contribution in [1.82, 2.24) is 9.97 Å². The highest BCUT2D eigenvalue weighted by Crippen LogP contribution is 2.35. The van der Waals surface area contributed by atoms with Gasteiger partial charge in [-0.05, 0) is 37.3 Å². The quantitative estimate of drug-likeness (QED) is 0.608. The minimum absolute atomic E-state index is 0.0132. The molecule has 2 aromatic carbocycles. The number of alkyl halides is 3. The van der Waals surface area contributed by atoms with E-state index in [1.54, 1.807) is 12.1 Å². The molecule has 0 radical (unpaired) electrons. The van der Waals surface area contributed by atoms with Gasteiger partial charge in [0.25, 0.3) is 0 Å². The molecule has 0 aliphatic rings. The molecule has 0 aliphatic heterocycles. The van der Waals surface area contributed by atoms with Crippen molar-refractivity contribution in [3.8, 4) is 0 Å². The van der Waals surface area contributed by atoms with Crippen LogP contribution in [0.1, 0.15) is 11.1 Å². The predicted octanol–water partition coefficient (Wildman–Crippen LogP) is 5.43. The number of anilines is 4. The Hall–Kier alpha value is -3.16. The van der Waals surface area contributed by atoms with Crippen molar-refractivity contribution in [2.24, 2.45) is 0 Å². The lowest BCUT2D eigenvalue weighted by Gasteiger charge is -2.15. The van der Waals surface area contributed by atoms with E-state index in [0.717, 1.165) is 11.6 Å². The normalized spacial score (nSPS) is 11.3. The highest BCUT2D eigenvalue weighted by molar-refractivity contribution is 5.62. The van der Waals surface area contributed by atoms with Crippen LogP contribution < -0.4 is 10.6 Å². The molecule has 0 amide bonds. The molecule has 0 saturated heterocycles. The third-order valence-electron chi connectivity index (χ3n) is 3.49. The molecule has 1 aromatic heterocycles. The summed E-state index contributed by atoms with van der Waals surface area (Å²) in [4.78, 5) is 7.63. The number of nitrogens with zero attached hydrogens (tertiary/aromatic N) is 2. The van der Waals surface area contributed by atoms with Crippen molar-refractivity contribution in [3.63, 3.8) is 0 Å². The lowest BCUT2D eigenvalue weighted by Crippen LogP contribution is -2.12. The van der Waals surface area contributed by atoms with E-state index in [1.807, 2.05) is 19.1 Å². The number of hydrogen-bond acceptors (Lipinski definition) is 4. The molecule has 2 N–H and O–H groups in total. The summed E-state index contributed by atoms with van der Waals surface area (Å²) in [5.41, 5.74) is 0.774. The molecule has 134 valence electrons. The summed E-state index contributed by atoms with van der Waals surface area (Å²) in [6.45, 7) is 1.92. The Labute approximate surface area is 146 Å². The fourth-order valence-electron chi connectivity index (χ4n) is 2.21. The van der Waals surface area contributed by atoms with Gasteiger partial charge >= 0.3 is 6.18 Å². The monoisotopic (exact) mass is 362 g/mol. The van der Waals surface area contributed by atoms with Crippen LogP contribution in [0.25, 0.3) is 0 Å². The molecule has 0 atom stereocenters. The number of rotatable bonds is 4. The molecule has 3 rings (SSSR count). The Morgan fingerprint density at radius 1 is 0.923 bits per heavy atom. The maximum Gasteiger partial charge on any atom is 0.421 e. The number of hydrogen-bond donors (Lipinski definition) is 2. The van der Waals surface area contributed by atoms with Crippen LogP contribution in [-0.4, -0.2) is 9.97 Å². The van der Waals surface area contributed by atoms with Gasteiger partial charge in [-0.15, -0.1) is 0 Å². The lowest BCUT2D eigenvalue weighted by atomic mass is 10.2. The molecule has 0 saturated carbocycles. The van der Waals surface area contributed by atoms with Gasteiger partial charge in [0.2, 0.25) is 5.95 Å². The van der Waals surface area contributed by atoms with Gasteiger partial charge in [0.1, 0.15) is 17.2 Å². The average molecular weight is 362 g/mol. The van der Waals surface area contributed by atoms with E-state index >= 15 is 0 Å². The predicted molar refractivity (Wildman–Crippen MR) is 91.2 cm³/mol. The summed E-state index contributed by atoms with van der Waals surface area (Å²) in [6, 6.07) is 12.3. The SMILES string of the molecule is Cc1ccc(Nc2ncc(C(F)(F)F)c(Nc3cccc(F)c3)n2)cc1. The molecule has 1 heterocycles. The fourth-order valence-corrected chi connectivity index (χ4v) is 2.21. The molecule has 0 spiro atoms. The highest BCUT2D eigenvalue weighted by Gasteiger charge is 2.35. The first kappa shape index (κ1) is 17.7. The third-order valence-corrected chi connectivity index (χ3v) is 3.49. The second-order valence-corrected chi connectivity index (χ2v) is 5.58. The first-order valence-electron chi connectivity index (χ1n) is 7.62. The molecule has 0 aliphatic carbocycles. The van der Waals surface area contributed by atoms with Gasteiger partial charge in [0.15, 0.2) is 0 Å². The fraction of sp³-hybridized carbons (Fsp3) is 0.111. The second kappa shape index (κ2) is 6.99. The standard InChI is InChI=1S/C18H14F4N4/c1-11-5-7-13(8-6-11)25-17-23-10-15(18(20,21)22)16(26-17)24-14-4-2-3-12(19)9-14/h2-10H,1H3,(H2,23,24,25,26). The topological polar surface area (TPSA) is 49.8 Å². The molecule has 4 nitrogen and oxygen atoms in total. The molecule has 0 bridgehead atoms. The van der Waals surface area contributed by atoms with E-state index in [-0.39, 0.29) is 11.6 Å². The zero-order valence-corrected chi connectivity index (χ0v) is 13.6. The largest absolute Gasteiger partial charge is 0.421 e. The van der Waals surface area contributed by atoms with E-state index in [2.05, 4.69) is 20.6 Å². The van der Waals surface area contributed by atoms with E-state index in [1.165, 1.54) is 18.2 Å². The Balaban J connectivity index is 1.94. The number of aromatic nitrogens is 2. The van der Waals surface area contributed by atoms with Crippen LogP contribution >= 0.6 is 0 Å². The summed E-state index contributed by atoms with van der Waals surface area (Å²) in [5.74, 6) is -1.05. The van der Waals surface area contributed by atoms with E-state index in [9.17, 15) is 17.6 Å². The van der Waals surface area contributed by atoms with Crippen LogP contribution in [0.5, 0.6) is 0 Å². The van der Waals surface area contributed by atoms with Crippen molar-refractivity contribution in [2.45, 2.75) is 13.1 Å². The number of benzene rings is 2. The van der Waals surface area contributed by atoms with Crippen molar-refractivity contribution >= 4 is 23.1 Å². The summed E-state index contributed by atoms with van der Waals surface area (Å²) < 4.78 is 53.0. The number of aryl methyl sites for hydroxylation is 1. The maximum absolute atomic E-state index is 13.3. The van der Waals surface area contributed by atoms with Gasteiger partial charge in [-0.25, -0.2) is 9.37 Å². The molecule has 26 heavy (non-hydrogen) atoms. The molecular weight excluding hydrogens is 348 g/mol. The lowest BCUT2D eigenvalue weighted by molar-refractivity contribution is -0.137. The van der Waals surface area contributed by atoms with Crippen molar-refractivity contribution in [3.05, 3.63) is 71.7 Å². The van der Waals surface area contributed by atoms with Crippen LogP contribution in [0.3, 0.4) is 0 Å². The van der Waals surface area contributed by atoms with Crippen LogP contribution in [0.2, 0.25) is 0 Å². The first-order valence-corrected chi connectivity index (χ1v) is 7.62. The van der Waals surface area contributed by atoms with Gasteiger partial charge < -0.3 is 10.6 Å². The molecule has 3 aromatic rings. The number of halogens is 4. The smallest absolute Gasteiger partial charge is 0.339 e. The number of nitrogens with one attached hydrogen (secondary N) is 2. The first-order chi connectivity index (χ1) is 12.3. The van der Waals surface area contributed by atoms with Gasteiger partial charge in [-0.3, -0.25) is 0 Å². The Morgan fingerprint density at radius 3 is 2.31 bits per heavy atom. The van der Waals surface area contributed by atoms with Crippen molar-refractivity contribution in [1.29, 1.82) is 0 Å². The summed E-state index contributed by atoms with van der Waals surface area (Å²) in [7, 11) is 0. The minimum atomic E-state index is -4.65. The van der Waals surface area contributed by atoms with E-state index in [4.69, 9.17) is 0 Å². The molecule has 0 fully saturated rings. The Bertz CT molecular complexity index is 908. The summed E-state index contributed by atoms with van der Waals surface area (Å²) in [6.07, 6.45) is -3.97. The van der Waals surface area contributed by atoms with Gasteiger partial charge in [0.05, 0.1) is 0 Å². The third kappa shape index (κ3) is 4.27. The summed E-state index contributed by atoms with van der Waals surface area (Å²) >= 11 is 0. The Morgan fingerprint density at radius 2 is 1.65 bits per heavy atom. The van der Waals surface area contributed by atoms with Gasteiger partial charge in [-0.2, -0.15) is 18.2 Å². The molecular formula is C18H14F4N4. The van der Waals surface area contributed by atoms with Gasteiger partial charge in [-0.1, -0.05) is 23.8 Å². The van der Waals surface area contributed by atoms with Crippen LogP contribution in [0.15, 0.2) is 54.7 Å². The maximum atomic E-state index is 13.3. The van der Waals surface area contributed by atoms with Gasteiger partial charge in [0, 0.05) is 17.6 Å². The second-order valence-electron chi connectivity index (χ2n) is 5.58. The Kier molecular flexibility index (Phi) is 4.75. The zero-order chi connectivity index (χ0) is 18.7. The minimum Gasteiger partial charge on any atom is -0.339 e. The van der Waals surface area contributed by atoms with Crippen LogP contribution in [0.4, 0.5) is 40.7 Å². The average Bonchev–Trinajstić information content (AvgIpc) is 2.56. The van der Waals surface area contributed by atoms with E-state index < -0.39 is 23.4 Å². The zero-order valence-electron chi connectivity index (χ0n) is 13.6. The molecule has 8 heteroatoms. The van der Waals surface area contributed by atoms with Crippen LogP contribution in [0, 0.1) is 12.7 Å². The highest BCUT2D eigenvalue weighted by atomic mass is 19.4. The van der Waals surface area contributed by atoms with Crippen LogP contribution in [-0.2, 0) is 6.18 Å². The van der Waals surface area contributed by atoms with Crippen molar-refractivity contribution < 1.29 is 17.6 Å². The summed E-state index contributed by atoms with van der Waals surface area (Å²) in [5, 5.41) is 5.35.